The summed E-state index contributed by atoms with van der Waals surface area (Å²) in [7, 11) is 0. The average Bonchev–Trinajstić information content (AvgIpc) is 3.39. The van der Waals surface area contributed by atoms with Crippen LogP contribution in [0, 0.1) is 5.92 Å². The summed E-state index contributed by atoms with van der Waals surface area (Å²) in [6, 6.07) is 9.71. The van der Waals surface area contributed by atoms with Crippen LogP contribution in [0.2, 0.25) is 0 Å². The molecule has 5 heteroatoms. The van der Waals surface area contributed by atoms with Crippen molar-refractivity contribution in [3.05, 3.63) is 42.1 Å². The van der Waals surface area contributed by atoms with E-state index in [1.807, 2.05) is 35.2 Å². The number of carbonyl (C=O) groups is 1. The minimum atomic E-state index is -0.0148. The Hall–Kier alpha value is -2.43. The first-order chi connectivity index (χ1) is 10.8. The van der Waals surface area contributed by atoms with Crippen molar-refractivity contribution in [1.29, 1.82) is 0 Å². The van der Waals surface area contributed by atoms with E-state index in [4.69, 9.17) is 4.74 Å². The first-order valence-electron chi connectivity index (χ1n) is 7.66. The van der Waals surface area contributed by atoms with Gasteiger partial charge in [-0.05, 0) is 18.8 Å². The van der Waals surface area contributed by atoms with Crippen molar-refractivity contribution in [1.82, 2.24) is 14.9 Å². The lowest BCUT2D eigenvalue weighted by atomic mass is 10.2. The summed E-state index contributed by atoms with van der Waals surface area (Å²) in [6.45, 7) is 1.92. The SMILES string of the molecule is O=C1c2cnc(-c3ccccc3)nc2OCCN1CC1CC1. The van der Waals surface area contributed by atoms with Gasteiger partial charge in [-0.25, -0.2) is 4.98 Å². The third kappa shape index (κ3) is 2.54. The lowest BCUT2D eigenvalue weighted by Gasteiger charge is -2.19. The van der Waals surface area contributed by atoms with Gasteiger partial charge in [-0.3, -0.25) is 4.79 Å². The molecule has 2 heterocycles. The Balaban J connectivity index is 1.65. The molecule has 0 spiro atoms. The van der Waals surface area contributed by atoms with E-state index in [1.165, 1.54) is 12.8 Å². The Labute approximate surface area is 129 Å². The van der Waals surface area contributed by atoms with Crippen LogP contribution in [0.25, 0.3) is 11.4 Å². The van der Waals surface area contributed by atoms with Gasteiger partial charge in [0.1, 0.15) is 12.2 Å². The van der Waals surface area contributed by atoms with Crippen LogP contribution < -0.4 is 4.74 Å². The number of benzene rings is 1. The molecule has 0 atom stereocenters. The Morgan fingerprint density at radius 2 is 2.05 bits per heavy atom. The van der Waals surface area contributed by atoms with E-state index < -0.39 is 0 Å². The summed E-state index contributed by atoms with van der Waals surface area (Å²) < 4.78 is 5.70. The van der Waals surface area contributed by atoms with Crippen LogP contribution in [0.4, 0.5) is 0 Å². The van der Waals surface area contributed by atoms with E-state index in [9.17, 15) is 4.79 Å². The van der Waals surface area contributed by atoms with Crippen LogP contribution in [-0.2, 0) is 0 Å². The second-order valence-electron chi connectivity index (χ2n) is 5.82. The highest BCUT2D eigenvalue weighted by atomic mass is 16.5. The van der Waals surface area contributed by atoms with Crippen molar-refractivity contribution >= 4 is 5.91 Å². The molecule has 1 aromatic heterocycles. The minimum Gasteiger partial charge on any atom is -0.475 e. The van der Waals surface area contributed by atoms with Gasteiger partial charge in [0, 0.05) is 18.3 Å². The van der Waals surface area contributed by atoms with Gasteiger partial charge in [-0.2, -0.15) is 4.98 Å². The number of ether oxygens (including phenoxy) is 1. The van der Waals surface area contributed by atoms with Crippen LogP contribution in [0.5, 0.6) is 5.88 Å². The van der Waals surface area contributed by atoms with Crippen LogP contribution in [-0.4, -0.2) is 40.5 Å². The quantitative estimate of drug-likeness (QED) is 0.872. The van der Waals surface area contributed by atoms with Crippen molar-refractivity contribution in [3.8, 4) is 17.3 Å². The molecule has 112 valence electrons. The summed E-state index contributed by atoms with van der Waals surface area (Å²) in [6.07, 6.45) is 4.04. The van der Waals surface area contributed by atoms with E-state index >= 15 is 0 Å². The number of fused-ring (bicyclic) bond motifs is 1. The normalized spacial score (nSPS) is 17.6. The fraction of sp³-hybridized carbons (Fsp3) is 0.353. The van der Waals surface area contributed by atoms with Gasteiger partial charge >= 0.3 is 0 Å². The van der Waals surface area contributed by atoms with Gasteiger partial charge < -0.3 is 9.64 Å². The summed E-state index contributed by atoms with van der Waals surface area (Å²) in [5, 5.41) is 0. The van der Waals surface area contributed by atoms with E-state index in [0.29, 0.717) is 36.3 Å². The smallest absolute Gasteiger partial charge is 0.261 e. The number of nitrogens with zero attached hydrogens (tertiary/aromatic N) is 3. The molecule has 1 aromatic carbocycles. The fourth-order valence-corrected chi connectivity index (χ4v) is 2.66. The van der Waals surface area contributed by atoms with E-state index in [0.717, 1.165) is 12.1 Å². The standard InChI is InChI=1S/C17H17N3O2/c21-17-14-10-18-15(13-4-2-1-3-5-13)19-16(14)22-9-8-20(17)11-12-6-7-12/h1-5,10,12H,6-9,11H2. The van der Waals surface area contributed by atoms with Crippen molar-refractivity contribution in [3.63, 3.8) is 0 Å². The zero-order valence-corrected chi connectivity index (χ0v) is 12.2. The molecule has 5 nitrogen and oxygen atoms in total. The Kier molecular flexibility index (Phi) is 3.25. The molecular weight excluding hydrogens is 278 g/mol. The molecule has 0 N–H and O–H groups in total. The maximum absolute atomic E-state index is 12.6. The van der Waals surface area contributed by atoms with E-state index in [2.05, 4.69) is 9.97 Å². The number of hydrogen-bond acceptors (Lipinski definition) is 4. The number of hydrogen-bond donors (Lipinski definition) is 0. The molecule has 22 heavy (non-hydrogen) atoms. The molecule has 4 rings (SSSR count). The monoisotopic (exact) mass is 295 g/mol. The largest absolute Gasteiger partial charge is 0.475 e. The van der Waals surface area contributed by atoms with Crippen molar-refractivity contribution < 1.29 is 9.53 Å². The zero-order chi connectivity index (χ0) is 14.9. The molecule has 1 amide bonds. The van der Waals surface area contributed by atoms with Crippen LogP contribution in [0.15, 0.2) is 36.5 Å². The third-order valence-corrected chi connectivity index (χ3v) is 4.08. The number of amides is 1. The summed E-state index contributed by atoms with van der Waals surface area (Å²) >= 11 is 0. The second kappa shape index (κ2) is 5.40. The second-order valence-corrected chi connectivity index (χ2v) is 5.82. The lowest BCUT2D eigenvalue weighted by molar-refractivity contribution is 0.0747. The maximum Gasteiger partial charge on any atom is 0.261 e. The molecule has 0 saturated heterocycles. The molecule has 1 fully saturated rings. The number of rotatable bonds is 3. The lowest BCUT2D eigenvalue weighted by Crippen LogP contribution is -2.34. The predicted molar refractivity (Wildman–Crippen MR) is 81.6 cm³/mol. The predicted octanol–water partition coefficient (Wildman–Crippen LogP) is 2.39. The first-order valence-corrected chi connectivity index (χ1v) is 7.66. The van der Waals surface area contributed by atoms with Gasteiger partial charge in [0.05, 0.1) is 6.54 Å². The molecule has 0 bridgehead atoms. The summed E-state index contributed by atoms with van der Waals surface area (Å²) in [4.78, 5) is 23.3. The van der Waals surface area contributed by atoms with Gasteiger partial charge in [-0.15, -0.1) is 0 Å². The zero-order valence-electron chi connectivity index (χ0n) is 12.2. The highest BCUT2D eigenvalue weighted by Gasteiger charge is 2.31. The van der Waals surface area contributed by atoms with Crippen molar-refractivity contribution in [2.75, 3.05) is 19.7 Å². The van der Waals surface area contributed by atoms with Crippen molar-refractivity contribution in [2.45, 2.75) is 12.8 Å². The number of carbonyl (C=O) groups excluding carboxylic acids is 1. The van der Waals surface area contributed by atoms with Gasteiger partial charge in [0.2, 0.25) is 5.88 Å². The molecule has 0 radical (unpaired) electrons. The van der Waals surface area contributed by atoms with E-state index in [-0.39, 0.29) is 5.91 Å². The topological polar surface area (TPSA) is 55.3 Å². The minimum absolute atomic E-state index is 0.0148. The summed E-state index contributed by atoms with van der Waals surface area (Å²) in [5.41, 5.74) is 1.39. The average molecular weight is 295 g/mol. The molecule has 1 aliphatic heterocycles. The van der Waals surface area contributed by atoms with Crippen LogP contribution in [0.1, 0.15) is 23.2 Å². The number of aromatic nitrogens is 2. The highest BCUT2D eigenvalue weighted by Crippen LogP contribution is 2.31. The van der Waals surface area contributed by atoms with Crippen molar-refractivity contribution in [2.24, 2.45) is 5.92 Å². The fourth-order valence-electron chi connectivity index (χ4n) is 2.66. The van der Waals surface area contributed by atoms with Crippen LogP contribution >= 0.6 is 0 Å². The molecule has 0 unspecified atom stereocenters. The van der Waals surface area contributed by atoms with Gasteiger partial charge in [-0.1, -0.05) is 30.3 Å². The third-order valence-electron chi connectivity index (χ3n) is 4.08. The highest BCUT2D eigenvalue weighted by molar-refractivity contribution is 5.96. The Morgan fingerprint density at radius 3 is 2.82 bits per heavy atom. The first kappa shape index (κ1) is 13.2. The van der Waals surface area contributed by atoms with Crippen LogP contribution in [0.3, 0.4) is 0 Å². The molecular formula is C17H17N3O2. The molecule has 1 saturated carbocycles. The van der Waals surface area contributed by atoms with Gasteiger partial charge in [0.25, 0.3) is 5.91 Å². The molecule has 1 aliphatic carbocycles. The Bertz CT molecular complexity index is 698. The van der Waals surface area contributed by atoms with E-state index in [1.54, 1.807) is 6.20 Å². The summed E-state index contributed by atoms with van der Waals surface area (Å²) in [5.74, 6) is 1.63. The Morgan fingerprint density at radius 1 is 1.23 bits per heavy atom. The molecule has 2 aliphatic rings. The molecule has 2 aromatic rings. The maximum atomic E-state index is 12.6. The van der Waals surface area contributed by atoms with Gasteiger partial charge in [0.15, 0.2) is 5.82 Å².